The SMILES string of the molecule is COc1ccc(CN(CCC(=O)O)CC(C)C)cc1. The van der Waals surface area contributed by atoms with Gasteiger partial charge in [-0.3, -0.25) is 9.69 Å². The second-order valence-electron chi connectivity index (χ2n) is 5.12. The van der Waals surface area contributed by atoms with Crippen LogP contribution < -0.4 is 4.74 Å². The zero-order valence-electron chi connectivity index (χ0n) is 11.9. The second kappa shape index (κ2) is 7.79. The number of carbonyl (C=O) groups is 1. The Hall–Kier alpha value is -1.55. The fourth-order valence-corrected chi connectivity index (χ4v) is 1.99. The Labute approximate surface area is 115 Å². The minimum absolute atomic E-state index is 0.183. The first-order valence-electron chi connectivity index (χ1n) is 6.58. The van der Waals surface area contributed by atoms with E-state index in [-0.39, 0.29) is 6.42 Å². The van der Waals surface area contributed by atoms with Crippen LogP contribution in [0.25, 0.3) is 0 Å². The molecule has 0 heterocycles. The molecule has 0 unspecified atom stereocenters. The summed E-state index contributed by atoms with van der Waals surface area (Å²) in [6, 6.07) is 7.90. The Morgan fingerprint density at radius 3 is 2.42 bits per heavy atom. The average Bonchev–Trinajstić information content (AvgIpc) is 2.36. The molecule has 0 aromatic heterocycles. The van der Waals surface area contributed by atoms with E-state index in [0.717, 1.165) is 18.8 Å². The van der Waals surface area contributed by atoms with Crippen molar-refractivity contribution in [2.75, 3.05) is 20.2 Å². The molecule has 0 amide bonds. The Bertz CT molecular complexity index is 387. The normalized spacial score (nSPS) is 11.0. The molecule has 0 atom stereocenters. The van der Waals surface area contributed by atoms with Crippen molar-refractivity contribution < 1.29 is 14.6 Å². The molecule has 0 aliphatic heterocycles. The summed E-state index contributed by atoms with van der Waals surface area (Å²) in [6.07, 6.45) is 0.183. The number of rotatable bonds is 8. The van der Waals surface area contributed by atoms with Gasteiger partial charge in [0.05, 0.1) is 13.5 Å². The van der Waals surface area contributed by atoms with Gasteiger partial charge in [0.2, 0.25) is 0 Å². The number of methoxy groups -OCH3 is 1. The fourth-order valence-electron chi connectivity index (χ4n) is 1.99. The average molecular weight is 265 g/mol. The number of carboxylic acid groups (broad SMARTS) is 1. The van der Waals surface area contributed by atoms with Crippen molar-refractivity contribution in [2.45, 2.75) is 26.8 Å². The molecular weight excluding hydrogens is 242 g/mol. The highest BCUT2D eigenvalue weighted by molar-refractivity contribution is 5.66. The third-order valence-electron chi connectivity index (χ3n) is 2.83. The maximum Gasteiger partial charge on any atom is 0.304 e. The third-order valence-corrected chi connectivity index (χ3v) is 2.83. The van der Waals surface area contributed by atoms with E-state index in [9.17, 15) is 4.79 Å². The van der Waals surface area contributed by atoms with E-state index in [4.69, 9.17) is 9.84 Å². The van der Waals surface area contributed by atoms with Crippen molar-refractivity contribution in [2.24, 2.45) is 5.92 Å². The van der Waals surface area contributed by atoms with Crippen LogP contribution in [0, 0.1) is 5.92 Å². The van der Waals surface area contributed by atoms with E-state index in [1.165, 1.54) is 5.56 Å². The summed E-state index contributed by atoms with van der Waals surface area (Å²) in [7, 11) is 1.65. The zero-order chi connectivity index (χ0) is 14.3. The van der Waals surface area contributed by atoms with Crippen LogP contribution in [0.2, 0.25) is 0 Å². The van der Waals surface area contributed by atoms with Crippen molar-refractivity contribution in [1.29, 1.82) is 0 Å². The minimum Gasteiger partial charge on any atom is -0.497 e. The van der Waals surface area contributed by atoms with Gasteiger partial charge in [-0.25, -0.2) is 0 Å². The summed E-state index contributed by atoms with van der Waals surface area (Å²) in [6.45, 7) is 6.54. The molecule has 0 saturated carbocycles. The predicted octanol–water partition coefficient (Wildman–Crippen LogP) is 2.63. The van der Waals surface area contributed by atoms with Gasteiger partial charge in [-0.05, 0) is 23.6 Å². The number of aliphatic carboxylic acids is 1. The number of hydrogen-bond donors (Lipinski definition) is 1. The molecule has 4 heteroatoms. The summed E-state index contributed by atoms with van der Waals surface area (Å²) in [5.41, 5.74) is 1.17. The molecule has 4 nitrogen and oxygen atoms in total. The van der Waals surface area contributed by atoms with E-state index in [0.29, 0.717) is 12.5 Å². The monoisotopic (exact) mass is 265 g/mol. The van der Waals surface area contributed by atoms with Crippen LogP contribution in [0.15, 0.2) is 24.3 Å². The molecular formula is C15H23NO3. The predicted molar refractivity (Wildman–Crippen MR) is 75.4 cm³/mol. The number of nitrogens with zero attached hydrogens (tertiary/aromatic N) is 1. The summed E-state index contributed by atoms with van der Waals surface area (Å²) in [5.74, 6) is 0.611. The number of carboxylic acids is 1. The van der Waals surface area contributed by atoms with Gasteiger partial charge in [0.25, 0.3) is 0 Å². The lowest BCUT2D eigenvalue weighted by molar-refractivity contribution is -0.137. The highest BCUT2D eigenvalue weighted by atomic mass is 16.5. The van der Waals surface area contributed by atoms with Crippen molar-refractivity contribution in [3.63, 3.8) is 0 Å². The fraction of sp³-hybridized carbons (Fsp3) is 0.533. The van der Waals surface area contributed by atoms with Gasteiger partial charge < -0.3 is 9.84 Å². The van der Waals surface area contributed by atoms with Crippen LogP contribution in [0.5, 0.6) is 5.75 Å². The first kappa shape index (κ1) is 15.5. The number of ether oxygens (including phenoxy) is 1. The molecule has 0 saturated heterocycles. The summed E-state index contributed by atoms with van der Waals surface area (Å²) in [4.78, 5) is 12.9. The molecule has 19 heavy (non-hydrogen) atoms. The highest BCUT2D eigenvalue weighted by Crippen LogP contribution is 2.14. The van der Waals surface area contributed by atoms with Gasteiger partial charge >= 0.3 is 5.97 Å². The molecule has 106 valence electrons. The quantitative estimate of drug-likeness (QED) is 0.785. The van der Waals surface area contributed by atoms with Gasteiger partial charge in [0.15, 0.2) is 0 Å². The maximum atomic E-state index is 10.7. The lowest BCUT2D eigenvalue weighted by Gasteiger charge is -2.23. The highest BCUT2D eigenvalue weighted by Gasteiger charge is 2.10. The Balaban J connectivity index is 2.60. The van der Waals surface area contributed by atoms with Crippen LogP contribution in [0.3, 0.4) is 0 Å². The molecule has 0 radical (unpaired) electrons. The zero-order valence-corrected chi connectivity index (χ0v) is 11.9. The topological polar surface area (TPSA) is 49.8 Å². The Morgan fingerprint density at radius 1 is 1.32 bits per heavy atom. The smallest absolute Gasteiger partial charge is 0.304 e. The molecule has 0 bridgehead atoms. The van der Waals surface area contributed by atoms with E-state index >= 15 is 0 Å². The number of benzene rings is 1. The van der Waals surface area contributed by atoms with Crippen LogP contribution in [-0.4, -0.2) is 36.2 Å². The van der Waals surface area contributed by atoms with Crippen molar-refractivity contribution in [3.8, 4) is 5.75 Å². The first-order chi connectivity index (χ1) is 9.01. The lowest BCUT2D eigenvalue weighted by Crippen LogP contribution is -2.29. The lowest BCUT2D eigenvalue weighted by atomic mass is 10.1. The van der Waals surface area contributed by atoms with E-state index < -0.39 is 5.97 Å². The van der Waals surface area contributed by atoms with Crippen molar-refractivity contribution in [1.82, 2.24) is 4.90 Å². The second-order valence-corrected chi connectivity index (χ2v) is 5.12. The standard InChI is InChI=1S/C15H23NO3/c1-12(2)10-16(9-8-15(17)18)11-13-4-6-14(19-3)7-5-13/h4-7,12H,8-11H2,1-3H3,(H,17,18). The largest absolute Gasteiger partial charge is 0.497 e. The molecule has 1 aromatic carbocycles. The molecule has 1 rings (SSSR count). The van der Waals surface area contributed by atoms with Gasteiger partial charge in [-0.15, -0.1) is 0 Å². The van der Waals surface area contributed by atoms with Gasteiger partial charge in [0.1, 0.15) is 5.75 Å². The van der Waals surface area contributed by atoms with Crippen LogP contribution in [-0.2, 0) is 11.3 Å². The van der Waals surface area contributed by atoms with Crippen LogP contribution in [0.4, 0.5) is 0 Å². The van der Waals surface area contributed by atoms with Gasteiger partial charge in [-0.2, -0.15) is 0 Å². The van der Waals surface area contributed by atoms with Gasteiger partial charge in [-0.1, -0.05) is 26.0 Å². The molecule has 0 spiro atoms. The van der Waals surface area contributed by atoms with Crippen molar-refractivity contribution >= 4 is 5.97 Å². The minimum atomic E-state index is -0.747. The van der Waals surface area contributed by atoms with Gasteiger partial charge in [0, 0.05) is 19.6 Å². The molecule has 0 fully saturated rings. The maximum absolute atomic E-state index is 10.7. The Kier molecular flexibility index (Phi) is 6.36. The molecule has 0 aliphatic rings. The van der Waals surface area contributed by atoms with E-state index in [1.807, 2.05) is 24.3 Å². The Morgan fingerprint density at radius 2 is 1.95 bits per heavy atom. The summed E-state index contributed by atoms with van der Waals surface area (Å²) in [5, 5.41) is 8.79. The third kappa shape index (κ3) is 6.25. The first-order valence-corrected chi connectivity index (χ1v) is 6.58. The van der Waals surface area contributed by atoms with Crippen LogP contribution in [0.1, 0.15) is 25.8 Å². The van der Waals surface area contributed by atoms with Crippen molar-refractivity contribution in [3.05, 3.63) is 29.8 Å². The number of hydrogen-bond acceptors (Lipinski definition) is 3. The molecule has 1 N–H and O–H groups in total. The summed E-state index contributed by atoms with van der Waals surface area (Å²) < 4.78 is 5.13. The molecule has 0 aliphatic carbocycles. The van der Waals surface area contributed by atoms with Crippen LogP contribution >= 0.6 is 0 Å². The summed E-state index contributed by atoms with van der Waals surface area (Å²) >= 11 is 0. The van der Waals surface area contributed by atoms with E-state index in [2.05, 4.69) is 18.7 Å². The van der Waals surface area contributed by atoms with E-state index in [1.54, 1.807) is 7.11 Å². The molecule has 1 aromatic rings.